The van der Waals surface area contributed by atoms with Crippen LogP contribution in [0.5, 0.6) is 0 Å². The van der Waals surface area contributed by atoms with E-state index < -0.39 is 33.7 Å². The van der Waals surface area contributed by atoms with E-state index in [1.165, 1.54) is 36.4 Å². The number of carbonyl (C=O) groups is 4. The number of hydrogen-bond donors (Lipinski definition) is 6. The van der Waals surface area contributed by atoms with E-state index in [0.29, 0.717) is 25.9 Å². The molecule has 0 aliphatic carbocycles. The Labute approximate surface area is 215 Å². The number of nitro groups is 2. The Morgan fingerprint density at radius 2 is 1.00 bits per heavy atom. The molecular weight excluding hydrogens is 504 g/mol. The zero-order valence-electron chi connectivity index (χ0n) is 20.0. The number of benzene rings is 2. The molecule has 16 heteroatoms. The van der Waals surface area contributed by atoms with Crippen molar-refractivity contribution in [2.45, 2.75) is 25.7 Å². The van der Waals surface area contributed by atoms with E-state index in [2.05, 4.69) is 32.3 Å². The summed E-state index contributed by atoms with van der Waals surface area (Å²) in [5.41, 5.74) is 8.17. The molecule has 2 rings (SSSR count). The topological polar surface area (TPSA) is 227 Å². The maximum atomic E-state index is 12.0. The third kappa shape index (κ3) is 10.1. The Kier molecular flexibility index (Phi) is 11.4. The van der Waals surface area contributed by atoms with E-state index in [4.69, 9.17) is 0 Å². The highest BCUT2D eigenvalue weighted by Crippen LogP contribution is 2.13. The largest absolute Gasteiger partial charge is 0.337 e. The molecular formula is C22H26N8O8. The third-order valence-corrected chi connectivity index (χ3v) is 4.89. The van der Waals surface area contributed by atoms with Crippen LogP contribution in [0.15, 0.2) is 48.5 Å². The second-order valence-electron chi connectivity index (χ2n) is 7.70. The minimum Gasteiger partial charge on any atom is -0.337 e. The van der Waals surface area contributed by atoms with Gasteiger partial charge in [0.05, 0.1) is 9.85 Å². The van der Waals surface area contributed by atoms with Crippen LogP contribution in [0.3, 0.4) is 0 Å². The van der Waals surface area contributed by atoms with Gasteiger partial charge in [-0.15, -0.1) is 0 Å². The predicted octanol–water partition coefficient (Wildman–Crippen LogP) is 1.65. The normalized spacial score (nSPS) is 10.0. The van der Waals surface area contributed by atoms with Gasteiger partial charge in [-0.2, -0.15) is 0 Å². The molecule has 0 spiro atoms. The summed E-state index contributed by atoms with van der Waals surface area (Å²) in [5.74, 6) is -1.41. The third-order valence-electron chi connectivity index (χ3n) is 4.89. The van der Waals surface area contributed by atoms with Crippen LogP contribution in [0.1, 0.15) is 46.4 Å². The highest BCUT2D eigenvalue weighted by molar-refractivity contribution is 5.96. The standard InChI is InChI=1S/C22H26N8O8/c31-19(15-7-5-9-17(13-15)29(35)36)25-27-21(33)23-11-3-1-2-4-12-24-22(34)28-26-20(32)16-8-6-10-18(14-16)30(37)38/h5-10,13-14H,1-4,11-12H2,(H,25,31)(H,26,32)(H2,23,27,33)(H2,24,28,34). The van der Waals surface area contributed by atoms with E-state index in [-0.39, 0.29) is 22.5 Å². The van der Waals surface area contributed by atoms with E-state index in [1.54, 1.807) is 0 Å². The number of urea groups is 2. The van der Waals surface area contributed by atoms with Gasteiger partial charge in [0.1, 0.15) is 0 Å². The number of nitro benzene ring substituents is 2. The van der Waals surface area contributed by atoms with Gasteiger partial charge in [-0.3, -0.25) is 40.7 Å². The van der Waals surface area contributed by atoms with Crippen molar-refractivity contribution in [2.24, 2.45) is 0 Å². The van der Waals surface area contributed by atoms with Crippen LogP contribution < -0.4 is 32.3 Å². The average Bonchev–Trinajstić information content (AvgIpc) is 2.91. The molecule has 202 valence electrons. The number of hydrogen-bond acceptors (Lipinski definition) is 8. The molecule has 0 saturated carbocycles. The van der Waals surface area contributed by atoms with Crippen molar-refractivity contribution in [3.8, 4) is 0 Å². The first kappa shape index (κ1) is 29.0. The van der Waals surface area contributed by atoms with Gasteiger partial charge in [-0.05, 0) is 25.0 Å². The number of rotatable bonds is 11. The van der Waals surface area contributed by atoms with Crippen LogP contribution in [0.2, 0.25) is 0 Å². The summed E-state index contributed by atoms with van der Waals surface area (Å²) < 4.78 is 0. The fourth-order valence-electron chi connectivity index (χ4n) is 2.99. The molecule has 0 fully saturated rings. The smallest absolute Gasteiger partial charge is 0.333 e. The lowest BCUT2D eigenvalue weighted by Crippen LogP contribution is -2.47. The van der Waals surface area contributed by atoms with Gasteiger partial charge in [-0.1, -0.05) is 25.0 Å². The number of nitrogens with zero attached hydrogens (tertiary/aromatic N) is 2. The quantitative estimate of drug-likeness (QED) is 0.142. The molecule has 6 amide bonds. The minimum atomic E-state index is -0.705. The number of nitrogens with one attached hydrogen (secondary N) is 6. The van der Waals surface area contributed by atoms with Crippen LogP contribution >= 0.6 is 0 Å². The van der Waals surface area contributed by atoms with Crippen LogP contribution in [0.25, 0.3) is 0 Å². The van der Waals surface area contributed by atoms with Crippen molar-refractivity contribution in [3.63, 3.8) is 0 Å². The number of carbonyl (C=O) groups excluding carboxylic acids is 4. The van der Waals surface area contributed by atoms with E-state index in [0.717, 1.165) is 25.0 Å². The lowest BCUT2D eigenvalue weighted by Gasteiger charge is -2.10. The summed E-state index contributed by atoms with van der Waals surface area (Å²) in [7, 11) is 0. The van der Waals surface area contributed by atoms with Gasteiger partial charge in [-0.25, -0.2) is 20.4 Å². The number of non-ortho nitro benzene ring substituents is 2. The first-order chi connectivity index (χ1) is 18.2. The van der Waals surface area contributed by atoms with Gasteiger partial charge >= 0.3 is 12.1 Å². The van der Waals surface area contributed by atoms with E-state index >= 15 is 0 Å². The number of unbranched alkanes of at least 4 members (excludes halogenated alkanes) is 3. The molecule has 0 radical (unpaired) electrons. The van der Waals surface area contributed by atoms with Crippen molar-refractivity contribution >= 4 is 35.3 Å². The van der Waals surface area contributed by atoms with Gasteiger partial charge in [0.2, 0.25) is 0 Å². The van der Waals surface area contributed by atoms with Gasteiger partial charge in [0, 0.05) is 48.5 Å². The van der Waals surface area contributed by atoms with E-state index in [9.17, 15) is 39.4 Å². The van der Waals surface area contributed by atoms with Gasteiger partial charge in [0.15, 0.2) is 0 Å². The molecule has 38 heavy (non-hydrogen) atoms. The Morgan fingerprint density at radius 1 is 0.605 bits per heavy atom. The highest BCUT2D eigenvalue weighted by atomic mass is 16.6. The molecule has 2 aromatic carbocycles. The maximum Gasteiger partial charge on any atom is 0.333 e. The Hall–Kier alpha value is -5.28. The number of amides is 6. The van der Waals surface area contributed by atoms with Crippen molar-refractivity contribution in [2.75, 3.05) is 13.1 Å². The monoisotopic (exact) mass is 530 g/mol. The van der Waals surface area contributed by atoms with Crippen LogP contribution in [-0.2, 0) is 0 Å². The first-order valence-electron chi connectivity index (χ1n) is 11.3. The van der Waals surface area contributed by atoms with Crippen LogP contribution in [-0.4, -0.2) is 46.8 Å². The van der Waals surface area contributed by atoms with Crippen molar-refractivity contribution in [1.29, 1.82) is 0 Å². The Bertz CT molecular complexity index is 1100. The molecule has 0 aliphatic heterocycles. The Balaban J connectivity index is 1.50. The SMILES string of the molecule is O=C(NCCCCCCNC(=O)NNC(=O)c1cccc([N+](=O)[O-])c1)NNC(=O)c1cccc([N+](=O)[O-])c1. The molecule has 16 nitrogen and oxygen atoms in total. The van der Waals surface area contributed by atoms with Crippen LogP contribution in [0.4, 0.5) is 21.0 Å². The summed E-state index contributed by atoms with van der Waals surface area (Å²) in [6, 6.07) is 8.83. The fraction of sp³-hybridized carbons (Fsp3) is 0.273. The molecule has 2 aromatic rings. The molecule has 0 aliphatic rings. The second-order valence-corrected chi connectivity index (χ2v) is 7.70. The summed E-state index contributed by atoms with van der Waals surface area (Å²) in [5, 5.41) is 26.6. The second kappa shape index (κ2) is 15.0. The zero-order chi connectivity index (χ0) is 27.9. The van der Waals surface area contributed by atoms with E-state index in [1.807, 2.05) is 0 Å². The summed E-state index contributed by atoms with van der Waals surface area (Å²) >= 11 is 0. The molecule has 0 bridgehead atoms. The van der Waals surface area contributed by atoms with Crippen molar-refractivity contribution in [1.82, 2.24) is 32.3 Å². The summed E-state index contributed by atoms with van der Waals surface area (Å²) in [4.78, 5) is 67.7. The molecule has 0 saturated heterocycles. The lowest BCUT2D eigenvalue weighted by molar-refractivity contribution is -0.385. The average molecular weight is 530 g/mol. The summed E-state index contributed by atoms with van der Waals surface area (Å²) in [6.07, 6.45) is 2.76. The van der Waals surface area contributed by atoms with Crippen LogP contribution in [0, 0.1) is 20.2 Å². The number of hydrazine groups is 2. The molecule has 0 atom stereocenters. The van der Waals surface area contributed by atoms with Gasteiger partial charge in [0.25, 0.3) is 23.2 Å². The molecule has 0 heterocycles. The first-order valence-corrected chi connectivity index (χ1v) is 11.3. The molecule has 6 N–H and O–H groups in total. The maximum absolute atomic E-state index is 12.0. The summed E-state index contributed by atoms with van der Waals surface area (Å²) in [6.45, 7) is 0.659. The van der Waals surface area contributed by atoms with Crippen molar-refractivity contribution < 1.29 is 29.0 Å². The predicted molar refractivity (Wildman–Crippen MR) is 133 cm³/mol. The van der Waals surface area contributed by atoms with Gasteiger partial charge < -0.3 is 10.6 Å². The van der Waals surface area contributed by atoms with Crippen molar-refractivity contribution in [3.05, 3.63) is 79.9 Å². The zero-order valence-corrected chi connectivity index (χ0v) is 20.0. The lowest BCUT2D eigenvalue weighted by atomic mass is 10.2. The molecule has 0 unspecified atom stereocenters. The highest BCUT2D eigenvalue weighted by Gasteiger charge is 2.13. The molecule has 0 aromatic heterocycles. The Morgan fingerprint density at radius 3 is 1.37 bits per heavy atom. The minimum absolute atomic E-state index is 0.0200. The fourth-order valence-corrected chi connectivity index (χ4v) is 2.99.